The Morgan fingerprint density at radius 3 is 2.50 bits per heavy atom. The molecule has 0 aliphatic heterocycles. The molecule has 0 atom stereocenters. The van der Waals surface area contributed by atoms with Gasteiger partial charge in [-0.15, -0.1) is 0 Å². The molecule has 6 nitrogen and oxygen atoms in total. The van der Waals surface area contributed by atoms with Crippen LogP contribution in [-0.2, 0) is 14.8 Å². The van der Waals surface area contributed by atoms with Crippen molar-refractivity contribution >= 4 is 33.2 Å². The molecular weight excluding hydrogens is 376 g/mol. The van der Waals surface area contributed by atoms with E-state index in [4.69, 9.17) is 16.3 Å². The van der Waals surface area contributed by atoms with Crippen molar-refractivity contribution in [3.8, 4) is 0 Å². The standard InChI is InChI=1S/C18H21ClN2O4S/c1-12-5-7-15(11-16(12)18(22)20-8-9-25-3)26(23,24)21-17-10-14(19)6-4-13(17)2/h4-7,10-11,21H,8-9H2,1-3H3,(H,20,22). The number of hydrogen-bond acceptors (Lipinski definition) is 4. The molecule has 0 saturated carbocycles. The third kappa shape index (κ3) is 4.97. The van der Waals surface area contributed by atoms with Gasteiger partial charge in [0.15, 0.2) is 0 Å². The van der Waals surface area contributed by atoms with E-state index in [1.165, 1.54) is 19.2 Å². The van der Waals surface area contributed by atoms with Gasteiger partial charge in [-0.25, -0.2) is 8.42 Å². The number of benzene rings is 2. The van der Waals surface area contributed by atoms with Crippen LogP contribution in [0.2, 0.25) is 5.02 Å². The highest BCUT2D eigenvalue weighted by Crippen LogP contribution is 2.24. The second-order valence-electron chi connectivity index (χ2n) is 5.79. The number of methoxy groups -OCH3 is 1. The summed E-state index contributed by atoms with van der Waals surface area (Å²) in [5.74, 6) is -0.351. The van der Waals surface area contributed by atoms with Crippen molar-refractivity contribution in [2.75, 3.05) is 25.0 Å². The van der Waals surface area contributed by atoms with Crippen LogP contribution in [0, 0.1) is 13.8 Å². The first-order chi connectivity index (χ1) is 12.2. The van der Waals surface area contributed by atoms with Gasteiger partial charge in [0, 0.05) is 24.2 Å². The maximum atomic E-state index is 12.7. The lowest BCUT2D eigenvalue weighted by Gasteiger charge is -2.13. The minimum atomic E-state index is -3.86. The first-order valence-electron chi connectivity index (χ1n) is 7.91. The predicted octanol–water partition coefficient (Wildman–Crippen LogP) is 3.13. The molecule has 0 aliphatic carbocycles. The Balaban J connectivity index is 2.31. The molecule has 2 aromatic carbocycles. The van der Waals surface area contributed by atoms with Crippen LogP contribution in [0.5, 0.6) is 0 Å². The second-order valence-corrected chi connectivity index (χ2v) is 7.91. The number of aryl methyl sites for hydroxylation is 2. The average Bonchev–Trinajstić information content (AvgIpc) is 2.58. The van der Waals surface area contributed by atoms with Crippen molar-refractivity contribution in [2.24, 2.45) is 0 Å². The summed E-state index contributed by atoms with van der Waals surface area (Å²) in [6.45, 7) is 4.23. The minimum Gasteiger partial charge on any atom is -0.383 e. The van der Waals surface area contributed by atoms with Crippen molar-refractivity contribution in [3.63, 3.8) is 0 Å². The van der Waals surface area contributed by atoms with Gasteiger partial charge in [-0.1, -0.05) is 23.7 Å². The van der Waals surface area contributed by atoms with Crippen molar-refractivity contribution < 1.29 is 17.9 Å². The largest absolute Gasteiger partial charge is 0.383 e. The summed E-state index contributed by atoms with van der Waals surface area (Å²) in [6.07, 6.45) is 0. The molecule has 0 heterocycles. The molecule has 0 spiro atoms. The third-order valence-corrected chi connectivity index (χ3v) is 5.40. The van der Waals surface area contributed by atoms with Gasteiger partial charge in [0.25, 0.3) is 15.9 Å². The number of halogens is 1. The van der Waals surface area contributed by atoms with Crippen molar-refractivity contribution in [1.29, 1.82) is 0 Å². The van der Waals surface area contributed by atoms with Gasteiger partial charge in [0.2, 0.25) is 0 Å². The lowest BCUT2D eigenvalue weighted by atomic mass is 10.1. The van der Waals surface area contributed by atoms with E-state index in [1.54, 1.807) is 38.1 Å². The van der Waals surface area contributed by atoms with Gasteiger partial charge >= 0.3 is 0 Å². The second kappa shape index (κ2) is 8.53. The number of ether oxygens (including phenoxy) is 1. The molecule has 2 N–H and O–H groups in total. The van der Waals surface area contributed by atoms with Crippen LogP contribution in [0.15, 0.2) is 41.3 Å². The van der Waals surface area contributed by atoms with Crippen LogP contribution in [0.4, 0.5) is 5.69 Å². The molecule has 0 radical (unpaired) electrons. The number of rotatable bonds is 7. The van der Waals surface area contributed by atoms with Crippen molar-refractivity contribution in [1.82, 2.24) is 5.32 Å². The maximum absolute atomic E-state index is 12.7. The van der Waals surface area contributed by atoms with Crippen LogP contribution in [-0.4, -0.2) is 34.6 Å². The van der Waals surface area contributed by atoms with Gasteiger partial charge in [-0.2, -0.15) is 0 Å². The van der Waals surface area contributed by atoms with Crippen LogP contribution in [0.25, 0.3) is 0 Å². The number of anilines is 1. The molecule has 0 unspecified atom stereocenters. The topological polar surface area (TPSA) is 84.5 Å². The highest BCUT2D eigenvalue weighted by molar-refractivity contribution is 7.92. The van der Waals surface area contributed by atoms with E-state index in [0.29, 0.717) is 35.0 Å². The van der Waals surface area contributed by atoms with Crippen molar-refractivity contribution in [3.05, 3.63) is 58.1 Å². The highest BCUT2D eigenvalue weighted by atomic mass is 35.5. The Hall–Kier alpha value is -2.09. The number of carbonyl (C=O) groups excluding carboxylic acids is 1. The fourth-order valence-electron chi connectivity index (χ4n) is 2.28. The molecule has 2 rings (SSSR count). The van der Waals surface area contributed by atoms with Gasteiger partial charge in [-0.3, -0.25) is 9.52 Å². The molecule has 8 heteroatoms. The first-order valence-corrected chi connectivity index (χ1v) is 9.77. The van der Waals surface area contributed by atoms with E-state index in [-0.39, 0.29) is 10.8 Å². The zero-order valence-corrected chi connectivity index (χ0v) is 16.4. The molecule has 140 valence electrons. The monoisotopic (exact) mass is 396 g/mol. The van der Waals surface area contributed by atoms with E-state index in [0.717, 1.165) is 5.56 Å². The summed E-state index contributed by atoms with van der Waals surface area (Å²) < 4.78 is 32.8. The van der Waals surface area contributed by atoms with Crippen molar-refractivity contribution in [2.45, 2.75) is 18.7 Å². The predicted molar refractivity (Wildman–Crippen MR) is 102 cm³/mol. The van der Waals surface area contributed by atoms with E-state index < -0.39 is 10.0 Å². The van der Waals surface area contributed by atoms with Crippen LogP contribution in [0.3, 0.4) is 0 Å². The molecule has 0 aliphatic rings. The molecule has 2 aromatic rings. The lowest BCUT2D eigenvalue weighted by molar-refractivity contribution is 0.0936. The SMILES string of the molecule is COCCNC(=O)c1cc(S(=O)(=O)Nc2cc(Cl)ccc2C)ccc1C. The summed E-state index contributed by atoms with van der Waals surface area (Å²) >= 11 is 5.94. The molecular formula is C18H21ClN2O4S. The first kappa shape index (κ1) is 20.2. The normalized spacial score (nSPS) is 11.2. The van der Waals surface area contributed by atoms with Crippen LogP contribution >= 0.6 is 11.6 Å². The maximum Gasteiger partial charge on any atom is 0.261 e. The van der Waals surface area contributed by atoms with Gasteiger partial charge in [0.05, 0.1) is 17.2 Å². The Morgan fingerprint density at radius 1 is 1.12 bits per heavy atom. The average molecular weight is 397 g/mol. The smallest absolute Gasteiger partial charge is 0.261 e. The Morgan fingerprint density at radius 2 is 1.81 bits per heavy atom. The minimum absolute atomic E-state index is 0.000586. The number of sulfonamides is 1. The summed E-state index contributed by atoms with van der Waals surface area (Å²) in [6, 6.07) is 9.38. The molecule has 0 aromatic heterocycles. The van der Waals surface area contributed by atoms with Gasteiger partial charge in [-0.05, 0) is 49.2 Å². The fourth-order valence-corrected chi connectivity index (χ4v) is 3.60. The Labute approximate surface area is 158 Å². The van der Waals surface area contributed by atoms with E-state index in [9.17, 15) is 13.2 Å². The zero-order valence-electron chi connectivity index (χ0n) is 14.8. The summed E-state index contributed by atoms with van der Waals surface area (Å²) in [5, 5.41) is 3.12. The molecule has 0 bridgehead atoms. The number of nitrogens with one attached hydrogen (secondary N) is 2. The molecule has 0 saturated heterocycles. The summed E-state index contributed by atoms with van der Waals surface area (Å²) in [7, 11) is -2.33. The quantitative estimate of drug-likeness (QED) is 0.704. The third-order valence-electron chi connectivity index (χ3n) is 3.80. The molecule has 1 amide bonds. The zero-order chi connectivity index (χ0) is 19.3. The Kier molecular flexibility index (Phi) is 6.63. The highest BCUT2D eigenvalue weighted by Gasteiger charge is 2.19. The number of hydrogen-bond donors (Lipinski definition) is 2. The summed E-state index contributed by atoms with van der Waals surface area (Å²) in [5.41, 5.74) is 2.11. The molecule has 26 heavy (non-hydrogen) atoms. The molecule has 0 fully saturated rings. The van der Waals surface area contributed by atoms with Gasteiger partial charge < -0.3 is 10.1 Å². The fraction of sp³-hybridized carbons (Fsp3) is 0.278. The van der Waals surface area contributed by atoms with E-state index in [1.807, 2.05) is 0 Å². The van der Waals surface area contributed by atoms with Crippen LogP contribution < -0.4 is 10.0 Å². The number of amides is 1. The van der Waals surface area contributed by atoms with E-state index in [2.05, 4.69) is 10.0 Å². The lowest BCUT2D eigenvalue weighted by Crippen LogP contribution is -2.28. The number of carbonyl (C=O) groups is 1. The Bertz CT molecular complexity index is 913. The summed E-state index contributed by atoms with van der Waals surface area (Å²) in [4.78, 5) is 12.3. The van der Waals surface area contributed by atoms with E-state index >= 15 is 0 Å². The van der Waals surface area contributed by atoms with Gasteiger partial charge in [0.1, 0.15) is 0 Å². The van der Waals surface area contributed by atoms with Crippen LogP contribution in [0.1, 0.15) is 21.5 Å².